The van der Waals surface area contributed by atoms with E-state index in [1.165, 1.54) is 50.9 Å². The smallest absolute Gasteiger partial charge is 0.246 e. The number of aryl methyl sites for hydroxylation is 1. The molecule has 176 valence electrons. The molecule has 1 fully saturated rings. The molecule has 33 heavy (non-hydrogen) atoms. The summed E-state index contributed by atoms with van der Waals surface area (Å²) >= 11 is 0. The number of anilines is 1. The Bertz CT molecular complexity index is 979. The topological polar surface area (TPSA) is 63.2 Å². The molecule has 6 nitrogen and oxygen atoms in total. The van der Waals surface area contributed by atoms with Gasteiger partial charge in [-0.1, -0.05) is 30.7 Å². The van der Waals surface area contributed by atoms with Crippen LogP contribution >= 0.6 is 0 Å². The quantitative estimate of drug-likeness (QED) is 0.603. The van der Waals surface area contributed by atoms with Crippen molar-refractivity contribution in [1.29, 1.82) is 0 Å². The van der Waals surface area contributed by atoms with Gasteiger partial charge in [0.2, 0.25) is 5.91 Å². The number of rotatable bonds is 9. The Morgan fingerprint density at radius 3 is 2.36 bits per heavy atom. The van der Waals surface area contributed by atoms with E-state index < -0.39 is 0 Å². The van der Waals surface area contributed by atoms with Gasteiger partial charge in [0.1, 0.15) is 6.54 Å². The van der Waals surface area contributed by atoms with E-state index in [-0.39, 0.29) is 12.5 Å². The molecule has 2 aliphatic rings. The first-order chi connectivity index (χ1) is 16.2. The number of aliphatic imine (C=N–C) groups is 1. The Morgan fingerprint density at radius 1 is 0.970 bits per heavy atom. The van der Waals surface area contributed by atoms with Gasteiger partial charge in [-0.3, -0.25) is 9.79 Å². The van der Waals surface area contributed by atoms with E-state index in [0.29, 0.717) is 30.4 Å². The number of amides is 1. The Labute approximate surface area is 197 Å². The Hall–Kier alpha value is -2.86. The SMILES string of the molecule is CCOc1cc2c(cc1OCC)C(c1ccc(CCCN3CCCCC3)cc1)=NCC(=O)N2. The molecule has 1 saturated heterocycles. The highest BCUT2D eigenvalue weighted by atomic mass is 16.5. The second kappa shape index (κ2) is 11.3. The van der Waals surface area contributed by atoms with Crippen molar-refractivity contribution >= 4 is 17.3 Å². The van der Waals surface area contributed by atoms with Gasteiger partial charge in [0.25, 0.3) is 0 Å². The lowest BCUT2D eigenvalue weighted by molar-refractivity contribution is -0.114. The molecule has 0 aromatic heterocycles. The molecule has 0 aliphatic carbocycles. The van der Waals surface area contributed by atoms with Crippen LogP contribution in [0.3, 0.4) is 0 Å². The Balaban J connectivity index is 1.53. The first kappa shape index (κ1) is 23.3. The number of hydrogen-bond acceptors (Lipinski definition) is 5. The largest absolute Gasteiger partial charge is 0.490 e. The minimum absolute atomic E-state index is 0.0928. The maximum Gasteiger partial charge on any atom is 0.246 e. The van der Waals surface area contributed by atoms with Crippen LogP contribution in [0.5, 0.6) is 11.5 Å². The van der Waals surface area contributed by atoms with Crippen LogP contribution in [0.4, 0.5) is 5.69 Å². The van der Waals surface area contributed by atoms with Crippen molar-refractivity contribution in [1.82, 2.24) is 4.90 Å². The third kappa shape index (κ3) is 5.93. The molecule has 0 atom stereocenters. The van der Waals surface area contributed by atoms with Gasteiger partial charge >= 0.3 is 0 Å². The van der Waals surface area contributed by atoms with Gasteiger partial charge < -0.3 is 19.7 Å². The molecule has 2 heterocycles. The third-order valence-corrected chi connectivity index (χ3v) is 6.21. The van der Waals surface area contributed by atoms with Gasteiger partial charge in [-0.05, 0) is 70.8 Å². The Kier molecular flexibility index (Phi) is 8.00. The number of benzene rings is 2. The van der Waals surface area contributed by atoms with E-state index in [0.717, 1.165) is 23.3 Å². The van der Waals surface area contributed by atoms with Crippen LogP contribution in [0.1, 0.15) is 56.2 Å². The van der Waals surface area contributed by atoms with Crippen LogP contribution in [0.15, 0.2) is 41.4 Å². The molecule has 2 aromatic carbocycles. The number of benzodiazepines with no additional fused rings is 1. The summed E-state index contributed by atoms with van der Waals surface area (Å²) in [5.41, 5.74) is 4.69. The summed E-state index contributed by atoms with van der Waals surface area (Å²) in [7, 11) is 0. The lowest BCUT2D eigenvalue weighted by Gasteiger charge is -2.26. The minimum Gasteiger partial charge on any atom is -0.490 e. The number of nitrogens with zero attached hydrogens (tertiary/aromatic N) is 2. The Morgan fingerprint density at radius 2 is 1.67 bits per heavy atom. The van der Waals surface area contributed by atoms with E-state index >= 15 is 0 Å². The van der Waals surface area contributed by atoms with Gasteiger partial charge in [0.15, 0.2) is 11.5 Å². The molecular weight excluding hydrogens is 414 g/mol. The number of hydrogen-bond donors (Lipinski definition) is 1. The summed E-state index contributed by atoms with van der Waals surface area (Å²) in [5.74, 6) is 1.16. The van der Waals surface area contributed by atoms with Crippen molar-refractivity contribution in [3.63, 3.8) is 0 Å². The first-order valence-electron chi connectivity index (χ1n) is 12.3. The molecule has 4 rings (SSSR count). The summed E-state index contributed by atoms with van der Waals surface area (Å²) in [6.45, 7) is 8.70. The number of ether oxygens (including phenoxy) is 2. The average molecular weight is 450 g/mol. The second-order valence-corrected chi connectivity index (χ2v) is 8.63. The highest BCUT2D eigenvalue weighted by Crippen LogP contribution is 2.36. The maximum atomic E-state index is 12.3. The van der Waals surface area contributed by atoms with E-state index in [1.54, 1.807) is 0 Å². The molecule has 2 aliphatic heterocycles. The van der Waals surface area contributed by atoms with Crippen molar-refractivity contribution in [3.8, 4) is 11.5 Å². The third-order valence-electron chi connectivity index (χ3n) is 6.21. The van der Waals surface area contributed by atoms with Gasteiger partial charge in [-0.2, -0.15) is 0 Å². The van der Waals surface area contributed by atoms with Crippen LogP contribution in [0.25, 0.3) is 0 Å². The van der Waals surface area contributed by atoms with E-state index in [9.17, 15) is 4.79 Å². The lowest BCUT2D eigenvalue weighted by atomic mass is 9.98. The van der Waals surface area contributed by atoms with E-state index in [2.05, 4.69) is 39.5 Å². The fourth-order valence-electron chi connectivity index (χ4n) is 4.59. The van der Waals surface area contributed by atoms with Gasteiger partial charge in [0.05, 0.1) is 24.6 Å². The number of nitrogens with one attached hydrogen (secondary N) is 1. The molecule has 0 bridgehead atoms. The lowest BCUT2D eigenvalue weighted by Crippen LogP contribution is -2.30. The average Bonchev–Trinajstić information content (AvgIpc) is 2.99. The highest BCUT2D eigenvalue weighted by molar-refractivity contribution is 6.19. The zero-order valence-corrected chi connectivity index (χ0v) is 19.9. The molecule has 0 spiro atoms. The molecule has 0 unspecified atom stereocenters. The summed E-state index contributed by atoms with van der Waals surface area (Å²) < 4.78 is 11.6. The van der Waals surface area contributed by atoms with Crippen LogP contribution < -0.4 is 14.8 Å². The molecule has 2 aromatic rings. The van der Waals surface area contributed by atoms with E-state index in [1.807, 2.05) is 26.0 Å². The summed E-state index contributed by atoms with van der Waals surface area (Å²) in [6.07, 6.45) is 6.32. The number of likely N-dealkylation sites (tertiary alicyclic amines) is 1. The predicted molar refractivity (Wildman–Crippen MR) is 133 cm³/mol. The summed E-state index contributed by atoms with van der Waals surface area (Å²) in [6, 6.07) is 12.4. The van der Waals surface area contributed by atoms with E-state index in [4.69, 9.17) is 9.47 Å². The number of carbonyl (C=O) groups is 1. The van der Waals surface area contributed by atoms with Crippen molar-refractivity contribution in [2.45, 2.75) is 46.0 Å². The second-order valence-electron chi connectivity index (χ2n) is 8.63. The minimum atomic E-state index is -0.132. The van der Waals surface area contributed by atoms with Gasteiger partial charge in [0, 0.05) is 17.2 Å². The van der Waals surface area contributed by atoms with Crippen molar-refractivity contribution in [2.75, 3.05) is 44.7 Å². The van der Waals surface area contributed by atoms with Gasteiger partial charge in [-0.15, -0.1) is 0 Å². The maximum absolute atomic E-state index is 12.3. The van der Waals surface area contributed by atoms with Crippen LogP contribution in [0, 0.1) is 0 Å². The highest BCUT2D eigenvalue weighted by Gasteiger charge is 2.22. The standard InChI is InChI=1S/C27H35N3O3/c1-3-32-24-17-22-23(18-25(24)33-4-2)29-26(31)19-28-27(22)21-12-10-20(11-13-21)9-8-16-30-14-6-5-7-15-30/h10-13,17-18H,3-9,14-16,19H2,1-2H3,(H,29,31). The molecule has 1 N–H and O–H groups in total. The molecular formula is C27H35N3O3. The zero-order chi connectivity index (χ0) is 23.0. The normalized spacial score (nSPS) is 16.4. The van der Waals surface area contributed by atoms with Crippen LogP contribution in [-0.4, -0.2) is 55.9 Å². The zero-order valence-electron chi connectivity index (χ0n) is 19.9. The van der Waals surface area contributed by atoms with Crippen LogP contribution in [0.2, 0.25) is 0 Å². The monoisotopic (exact) mass is 449 g/mol. The van der Waals surface area contributed by atoms with Crippen molar-refractivity contribution < 1.29 is 14.3 Å². The summed E-state index contributed by atoms with van der Waals surface area (Å²) in [4.78, 5) is 19.5. The van der Waals surface area contributed by atoms with Gasteiger partial charge in [-0.25, -0.2) is 0 Å². The number of fused-ring (bicyclic) bond motifs is 1. The first-order valence-corrected chi connectivity index (χ1v) is 12.3. The number of piperidine rings is 1. The predicted octanol–water partition coefficient (Wildman–Crippen LogP) is 4.69. The fourth-order valence-corrected chi connectivity index (χ4v) is 4.59. The molecule has 0 radical (unpaired) electrons. The van der Waals surface area contributed by atoms with Crippen LogP contribution in [-0.2, 0) is 11.2 Å². The van der Waals surface area contributed by atoms with Crippen molar-refractivity contribution in [3.05, 3.63) is 53.1 Å². The molecule has 0 saturated carbocycles. The van der Waals surface area contributed by atoms with Crippen molar-refractivity contribution in [2.24, 2.45) is 4.99 Å². The molecule has 1 amide bonds. The fraction of sp³-hybridized carbons (Fsp3) is 0.481. The molecule has 6 heteroatoms. The summed E-state index contributed by atoms with van der Waals surface area (Å²) in [5, 5.41) is 2.97. The number of carbonyl (C=O) groups excluding carboxylic acids is 1.